The van der Waals surface area contributed by atoms with Crippen molar-refractivity contribution in [3.05, 3.63) is 5.28 Å². The van der Waals surface area contributed by atoms with E-state index >= 15 is 0 Å². The molecule has 0 radical (unpaired) electrons. The number of aliphatic hydroxyl groups is 1. The Bertz CT molecular complexity index is 404. The van der Waals surface area contributed by atoms with Crippen molar-refractivity contribution in [2.75, 3.05) is 37.4 Å². The smallest absolute Gasteiger partial charge is 0.231 e. The van der Waals surface area contributed by atoms with E-state index in [0.717, 1.165) is 0 Å². The van der Waals surface area contributed by atoms with Crippen molar-refractivity contribution in [2.45, 2.75) is 18.4 Å². The average molecular weight is 274 g/mol. The molecular formula is C10H16ClN5O2. The van der Waals surface area contributed by atoms with Crippen LogP contribution >= 0.6 is 11.6 Å². The van der Waals surface area contributed by atoms with Gasteiger partial charge in [-0.15, -0.1) is 0 Å². The molecule has 0 bridgehead atoms. The van der Waals surface area contributed by atoms with Crippen molar-refractivity contribution in [3.63, 3.8) is 0 Å². The molecule has 18 heavy (non-hydrogen) atoms. The molecule has 3 N–H and O–H groups in total. The van der Waals surface area contributed by atoms with Crippen LogP contribution in [0, 0.1) is 0 Å². The van der Waals surface area contributed by atoms with Gasteiger partial charge in [0.05, 0.1) is 5.60 Å². The Morgan fingerprint density at radius 3 is 2.67 bits per heavy atom. The van der Waals surface area contributed by atoms with E-state index in [1.54, 1.807) is 11.9 Å². The highest BCUT2D eigenvalue weighted by atomic mass is 35.5. The monoisotopic (exact) mass is 273 g/mol. The summed E-state index contributed by atoms with van der Waals surface area (Å²) in [5, 5.41) is 10.4. The lowest BCUT2D eigenvalue weighted by Crippen LogP contribution is -2.46. The van der Waals surface area contributed by atoms with E-state index in [9.17, 15) is 5.11 Å². The number of nitrogens with zero attached hydrogens (tertiary/aromatic N) is 4. The summed E-state index contributed by atoms with van der Waals surface area (Å²) >= 11 is 5.72. The molecule has 1 aliphatic rings. The van der Waals surface area contributed by atoms with Gasteiger partial charge in [-0.1, -0.05) is 0 Å². The first-order valence-electron chi connectivity index (χ1n) is 5.67. The lowest BCUT2D eigenvalue weighted by Gasteiger charge is -2.35. The number of ether oxygens (including phenoxy) is 1. The van der Waals surface area contributed by atoms with Gasteiger partial charge in [0.1, 0.15) is 0 Å². The number of rotatable bonds is 3. The summed E-state index contributed by atoms with van der Waals surface area (Å²) in [6.07, 6.45) is 1.18. The third-order valence-corrected chi connectivity index (χ3v) is 3.08. The number of hydrogen-bond acceptors (Lipinski definition) is 7. The standard InChI is InChI=1S/C10H16ClN5O2/c1-16(6-10(17)2-4-18-5-3-10)9-14-7(11)13-8(12)15-9/h17H,2-6H2,1H3,(H2,12,13,14,15). The fraction of sp³-hybridized carbons (Fsp3) is 0.700. The number of anilines is 2. The maximum atomic E-state index is 10.4. The van der Waals surface area contributed by atoms with Crippen molar-refractivity contribution in [1.82, 2.24) is 15.0 Å². The van der Waals surface area contributed by atoms with Gasteiger partial charge in [-0.25, -0.2) is 0 Å². The molecule has 0 unspecified atom stereocenters. The molecule has 0 spiro atoms. The number of hydrogen-bond donors (Lipinski definition) is 2. The van der Waals surface area contributed by atoms with Crippen molar-refractivity contribution in [1.29, 1.82) is 0 Å². The number of likely N-dealkylation sites (N-methyl/N-ethyl adjacent to an activating group) is 1. The van der Waals surface area contributed by atoms with Gasteiger partial charge in [0.15, 0.2) is 0 Å². The highest BCUT2D eigenvalue weighted by Crippen LogP contribution is 2.23. The zero-order valence-corrected chi connectivity index (χ0v) is 10.9. The van der Waals surface area contributed by atoms with Gasteiger partial charge in [0, 0.05) is 39.6 Å². The van der Waals surface area contributed by atoms with Gasteiger partial charge in [-0.2, -0.15) is 15.0 Å². The Morgan fingerprint density at radius 1 is 1.39 bits per heavy atom. The number of aromatic nitrogens is 3. The molecule has 1 aromatic heterocycles. The Hall–Kier alpha value is -1.18. The highest BCUT2D eigenvalue weighted by Gasteiger charge is 2.31. The first-order chi connectivity index (χ1) is 8.48. The van der Waals surface area contributed by atoms with E-state index in [2.05, 4.69) is 15.0 Å². The van der Waals surface area contributed by atoms with Crippen LogP contribution in [0.25, 0.3) is 0 Å². The average Bonchev–Trinajstić information content (AvgIpc) is 2.28. The summed E-state index contributed by atoms with van der Waals surface area (Å²) in [6.45, 7) is 1.52. The van der Waals surface area contributed by atoms with Crippen LogP contribution in [0.4, 0.5) is 11.9 Å². The number of nitrogens with two attached hydrogens (primary N) is 1. The second-order valence-electron chi connectivity index (χ2n) is 4.46. The molecule has 1 saturated heterocycles. The molecule has 0 saturated carbocycles. The minimum atomic E-state index is -0.791. The predicted molar refractivity (Wildman–Crippen MR) is 67.5 cm³/mol. The maximum Gasteiger partial charge on any atom is 0.231 e. The van der Waals surface area contributed by atoms with E-state index in [0.29, 0.717) is 38.5 Å². The Morgan fingerprint density at radius 2 is 2.06 bits per heavy atom. The van der Waals surface area contributed by atoms with Crippen LogP contribution in [0.3, 0.4) is 0 Å². The summed E-state index contributed by atoms with van der Waals surface area (Å²) in [7, 11) is 1.78. The molecule has 1 aliphatic heterocycles. The second kappa shape index (κ2) is 5.21. The van der Waals surface area contributed by atoms with Crippen molar-refractivity contribution in [2.24, 2.45) is 0 Å². The van der Waals surface area contributed by atoms with Crippen molar-refractivity contribution < 1.29 is 9.84 Å². The first-order valence-corrected chi connectivity index (χ1v) is 6.05. The molecule has 1 aromatic rings. The van der Waals surface area contributed by atoms with Crippen LogP contribution < -0.4 is 10.6 Å². The van der Waals surface area contributed by atoms with Crippen molar-refractivity contribution in [3.8, 4) is 0 Å². The highest BCUT2D eigenvalue weighted by molar-refractivity contribution is 6.28. The zero-order valence-electron chi connectivity index (χ0n) is 10.1. The molecule has 2 heterocycles. The predicted octanol–water partition coefficient (Wildman–Crippen LogP) is 0.0849. The third kappa shape index (κ3) is 3.18. The number of halogens is 1. The topological polar surface area (TPSA) is 97.4 Å². The van der Waals surface area contributed by atoms with E-state index in [1.165, 1.54) is 0 Å². The largest absolute Gasteiger partial charge is 0.388 e. The first kappa shape index (κ1) is 13.3. The molecule has 1 fully saturated rings. The molecule has 0 aliphatic carbocycles. The molecule has 0 aromatic carbocycles. The molecule has 2 rings (SSSR count). The zero-order chi connectivity index (χ0) is 13.2. The third-order valence-electron chi connectivity index (χ3n) is 2.91. The molecule has 0 amide bonds. The SMILES string of the molecule is CN(CC1(O)CCOCC1)c1nc(N)nc(Cl)n1. The van der Waals surface area contributed by atoms with Gasteiger partial charge >= 0.3 is 0 Å². The van der Waals surface area contributed by atoms with Crippen molar-refractivity contribution >= 4 is 23.5 Å². The number of nitrogen functional groups attached to an aromatic ring is 1. The van der Waals surface area contributed by atoms with Crippen LogP contribution in [0.15, 0.2) is 0 Å². The van der Waals surface area contributed by atoms with Crippen LogP contribution in [-0.4, -0.2) is 52.5 Å². The molecule has 0 atom stereocenters. The summed E-state index contributed by atoms with van der Waals surface area (Å²) < 4.78 is 5.23. The van der Waals surface area contributed by atoms with Crippen LogP contribution in [0.2, 0.25) is 5.28 Å². The summed E-state index contributed by atoms with van der Waals surface area (Å²) in [5.41, 5.74) is 4.72. The maximum absolute atomic E-state index is 10.4. The molecular weight excluding hydrogens is 258 g/mol. The van der Waals surface area contributed by atoms with Gasteiger partial charge in [-0.3, -0.25) is 0 Å². The van der Waals surface area contributed by atoms with E-state index in [-0.39, 0.29) is 11.2 Å². The van der Waals surface area contributed by atoms with Crippen LogP contribution in [0.5, 0.6) is 0 Å². The Balaban J connectivity index is 2.08. The minimum absolute atomic E-state index is 0.0447. The Kier molecular flexibility index (Phi) is 3.84. The van der Waals surface area contributed by atoms with Crippen LogP contribution in [-0.2, 0) is 4.74 Å². The summed E-state index contributed by atoms with van der Waals surface area (Å²) in [5.74, 6) is 0.420. The lowest BCUT2D eigenvalue weighted by molar-refractivity contribution is -0.0574. The fourth-order valence-electron chi connectivity index (χ4n) is 1.95. The van der Waals surface area contributed by atoms with Gasteiger partial charge in [0.2, 0.25) is 17.2 Å². The van der Waals surface area contributed by atoms with E-state index in [4.69, 9.17) is 22.1 Å². The quantitative estimate of drug-likeness (QED) is 0.805. The summed E-state index contributed by atoms with van der Waals surface area (Å²) in [6, 6.07) is 0. The molecule has 7 nitrogen and oxygen atoms in total. The molecule has 8 heteroatoms. The van der Waals surface area contributed by atoms with E-state index in [1.807, 2.05) is 0 Å². The Labute approximate surface area is 110 Å². The second-order valence-corrected chi connectivity index (χ2v) is 4.79. The normalized spacial score (nSPS) is 18.6. The van der Waals surface area contributed by atoms with Crippen LogP contribution in [0.1, 0.15) is 12.8 Å². The minimum Gasteiger partial charge on any atom is -0.388 e. The fourth-order valence-corrected chi connectivity index (χ4v) is 2.11. The van der Waals surface area contributed by atoms with Gasteiger partial charge in [0.25, 0.3) is 0 Å². The lowest BCUT2D eigenvalue weighted by atomic mass is 9.94. The van der Waals surface area contributed by atoms with Gasteiger partial charge in [-0.05, 0) is 11.6 Å². The van der Waals surface area contributed by atoms with Gasteiger partial charge < -0.3 is 20.5 Å². The van der Waals surface area contributed by atoms with E-state index < -0.39 is 5.60 Å². The molecule has 100 valence electrons. The summed E-state index contributed by atoms with van der Waals surface area (Å²) in [4.78, 5) is 13.4.